The molecule has 2 aromatic rings. The zero-order valence-electron chi connectivity index (χ0n) is 11.1. The van der Waals surface area contributed by atoms with Crippen molar-refractivity contribution in [3.8, 4) is 0 Å². The van der Waals surface area contributed by atoms with Gasteiger partial charge in [0.15, 0.2) is 5.16 Å². The van der Waals surface area contributed by atoms with E-state index < -0.39 is 5.97 Å². The number of rotatable bonds is 5. The third kappa shape index (κ3) is 3.16. The van der Waals surface area contributed by atoms with Gasteiger partial charge in [0.2, 0.25) is 0 Å². The normalized spacial score (nSPS) is 12.3. The monoisotopic (exact) mass is 295 g/mol. The molecular weight excluding hydrogens is 281 g/mol. The fraction of sp³-hybridized carbons (Fsp3) is 0.308. The number of benzene rings is 1. The second kappa shape index (κ2) is 6.04. The fourth-order valence-corrected chi connectivity index (χ4v) is 2.69. The largest absolute Gasteiger partial charge is 0.481 e. The topological polar surface area (TPSA) is 68.0 Å². The number of thioether (sulfide) groups is 1. The van der Waals surface area contributed by atoms with E-state index in [2.05, 4.69) is 10.2 Å². The van der Waals surface area contributed by atoms with E-state index in [1.54, 1.807) is 19.1 Å². The molecule has 1 aromatic carbocycles. The summed E-state index contributed by atoms with van der Waals surface area (Å²) in [4.78, 5) is 10.6. The van der Waals surface area contributed by atoms with Gasteiger partial charge >= 0.3 is 5.97 Å². The van der Waals surface area contributed by atoms with Crippen LogP contribution in [-0.4, -0.2) is 31.6 Å². The van der Waals surface area contributed by atoms with Gasteiger partial charge in [-0.1, -0.05) is 23.9 Å². The van der Waals surface area contributed by atoms with Crippen LogP contribution >= 0.6 is 11.8 Å². The molecule has 1 N–H and O–H groups in total. The molecule has 7 heteroatoms. The molecule has 0 aliphatic rings. The summed E-state index contributed by atoms with van der Waals surface area (Å²) in [7, 11) is 0. The van der Waals surface area contributed by atoms with Crippen LogP contribution in [0.25, 0.3) is 0 Å². The lowest BCUT2D eigenvalue weighted by molar-refractivity contribution is -0.133. The number of aromatic nitrogens is 3. The predicted octanol–water partition coefficient (Wildman–Crippen LogP) is 2.51. The highest BCUT2D eigenvalue weighted by molar-refractivity contribution is 7.99. The summed E-state index contributed by atoms with van der Waals surface area (Å²) in [6, 6.07) is 6.10. The van der Waals surface area contributed by atoms with Gasteiger partial charge < -0.3 is 5.11 Å². The van der Waals surface area contributed by atoms with Gasteiger partial charge in [0.25, 0.3) is 0 Å². The SMILES string of the molecule is Cc1nnc(SCC(=O)O)n1C(C)c1ccc(F)cc1. The zero-order chi connectivity index (χ0) is 14.7. The maximum Gasteiger partial charge on any atom is 0.313 e. The molecule has 0 aliphatic heterocycles. The Labute approximate surface area is 119 Å². The summed E-state index contributed by atoms with van der Waals surface area (Å²) in [6.07, 6.45) is 0. The number of carboxylic acid groups (broad SMARTS) is 1. The Kier molecular flexibility index (Phi) is 4.39. The summed E-state index contributed by atoms with van der Waals surface area (Å²) >= 11 is 1.12. The van der Waals surface area contributed by atoms with E-state index in [0.717, 1.165) is 17.3 Å². The molecule has 1 heterocycles. The molecule has 1 aromatic heterocycles. The van der Waals surface area contributed by atoms with Crippen molar-refractivity contribution in [3.63, 3.8) is 0 Å². The summed E-state index contributed by atoms with van der Waals surface area (Å²) < 4.78 is 14.8. The van der Waals surface area contributed by atoms with Crippen LogP contribution in [0.15, 0.2) is 29.4 Å². The minimum absolute atomic E-state index is 0.0751. The average molecular weight is 295 g/mol. The van der Waals surface area contributed by atoms with Gasteiger partial charge in [-0.3, -0.25) is 9.36 Å². The number of halogens is 1. The van der Waals surface area contributed by atoms with Crippen molar-refractivity contribution in [1.29, 1.82) is 0 Å². The van der Waals surface area contributed by atoms with Gasteiger partial charge in [0.05, 0.1) is 11.8 Å². The number of aliphatic carboxylic acids is 1. The van der Waals surface area contributed by atoms with Crippen molar-refractivity contribution in [2.45, 2.75) is 25.0 Å². The molecule has 5 nitrogen and oxygen atoms in total. The molecule has 0 aliphatic carbocycles. The van der Waals surface area contributed by atoms with Crippen molar-refractivity contribution >= 4 is 17.7 Å². The van der Waals surface area contributed by atoms with Crippen LogP contribution < -0.4 is 0 Å². The third-order valence-electron chi connectivity index (χ3n) is 2.90. The van der Waals surface area contributed by atoms with Crippen LogP contribution in [-0.2, 0) is 4.79 Å². The smallest absolute Gasteiger partial charge is 0.313 e. The minimum atomic E-state index is -0.906. The quantitative estimate of drug-likeness (QED) is 0.858. The molecule has 106 valence electrons. The van der Waals surface area contributed by atoms with Crippen LogP contribution in [0.1, 0.15) is 24.4 Å². The molecule has 2 rings (SSSR count). The van der Waals surface area contributed by atoms with Crippen molar-refractivity contribution < 1.29 is 14.3 Å². The Morgan fingerprint density at radius 1 is 1.40 bits per heavy atom. The Morgan fingerprint density at radius 2 is 2.05 bits per heavy atom. The number of carboxylic acids is 1. The summed E-state index contributed by atoms with van der Waals surface area (Å²) in [5.41, 5.74) is 0.909. The summed E-state index contributed by atoms with van der Waals surface area (Å²) in [6.45, 7) is 3.74. The first-order valence-corrected chi connectivity index (χ1v) is 6.99. The van der Waals surface area contributed by atoms with Gasteiger partial charge in [-0.05, 0) is 31.5 Å². The second-order valence-corrected chi connectivity index (χ2v) is 5.25. The van der Waals surface area contributed by atoms with E-state index in [1.165, 1.54) is 12.1 Å². The highest BCUT2D eigenvalue weighted by Crippen LogP contribution is 2.26. The molecule has 0 saturated carbocycles. The van der Waals surface area contributed by atoms with Crippen LogP contribution in [0.4, 0.5) is 4.39 Å². The van der Waals surface area contributed by atoms with Gasteiger partial charge in [-0.25, -0.2) is 4.39 Å². The number of hydrogen-bond acceptors (Lipinski definition) is 4. The van der Waals surface area contributed by atoms with Gasteiger partial charge in [-0.2, -0.15) is 0 Å². The molecule has 0 radical (unpaired) electrons. The first-order chi connectivity index (χ1) is 9.49. The number of aryl methyl sites for hydroxylation is 1. The first kappa shape index (κ1) is 14.5. The number of nitrogens with zero attached hydrogens (tertiary/aromatic N) is 3. The first-order valence-electron chi connectivity index (χ1n) is 6.00. The van der Waals surface area contributed by atoms with E-state index in [9.17, 15) is 9.18 Å². The highest BCUT2D eigenvalue weighted by atomic mass is 32.2. The molecule has 0 spiro atoms. The lowest BCUT2D eigenvalue weighted by atomic mass is 10.1. The maximum absolute atomic E-state index is 13.0. The van der Waals surface area contributed by atoms with E-state index in [-0.39, 0.29) is 17.6 Å². The van der Waals surface area contributed by atoms with Crippen LogP contribution in [0, 0.1) is 12.7 Å². The molecule has 0 amide bonds. The number of carbonyl (C=O) groups is 1. The molecular formula is C13H14FN3O2S. The van der Waals surface area contributed by atoms with Crippen molar-refractivity contribution in [3.05, 3.63) is 41.5 Å². The lowest BCUT2D eigenvalue weighted by Crippen LogP contribution is -2.11. The van der Waals surface area contributed by atoms with Crippen LogP contribution in [0.5, 0.6) is 0 Å². The number of hydrogen-bond donors (Lipinski definition) is 1. The van der Waals surface area contributed by atoms with Crippen LogP contribution in [0.2, 0.25) is 0 Å². The summed E-state index contributed by atoms with van der Waals surface area (Å²) in [5.74, 6) is -0.581. The summed E-state index contributed by atoms with van der Waals surface area (Å²) in [5, 5.41) is 17.3. The van der Waals surface area contributed by atoms with E-state index in [1.807, 2.05) is 11.5 Å². The van der Waals surface area contributed by atoms with Crippen LogP contribution in [0.3, 0.4) is 0 Å². The molecule has 0 bridgehead atoms. The molecule has 1 atom stereocenters. The van der Waals surface area contributed by atoms with Crippen molar-refractivity contribution in [1.82, 2.24) is 14.8 Å². The van der Waals surface area contributed by atoms with E-state index >= 15 is 0 Å². The standard InChI is InChI=1S/C13H14FN3O2S/c1-8(10-3-5-11(14)6-4-10)17-9(2)15-16-13(17)20-7-12(18)19/h3-6,8H,7H2,1-2H3,(H,18,19). The fourth-order valence-electron chi connectivity index (χ4n) is 1.91. The van der Waals surface area contributed by atoms with Gasteiger partial charge in [-0.15, -0.1) is 10.2 Å². The average Bonchev–Trinajstić information content (AvgIpc) is 2.77. The third-order valence-corrected chi connectivity index (χ3v) is 3.83. The highest BCUT2D eigenvalue weighted by Gasteiger charge is 2.17. The Balaban J connectivity index is 2.28. The van der Waals surface area contributed by atoms with Crippen molar-refractivity contribution in [2.24, 2.45) is 0 Å². The van der Waals surface area contributed by atoms with Gasteiger partial charge in [0.1, 0.15) is 11.6 Å². The zero-order valence-corrected chi connectivity index (χ0v) is 11.9. The predicted molar refractivity (Wildman–Crippen MR) is 73.3 cm³/mol. The molecule has 20 heavy (non-hydrogen) atoms. The Morgan fingerprint density at radius 3 is 2.65 bits per heavy atom. The second-order valence-electron chi connectivity index (χ2n) is 4.31. The lowest BCUT2D eigenvalue weighted by Gasteiger charge is -2.17. The Bertz CT molecular complexity index is 613. The van der Waals surface area contributed by atoms with E-state index in [0.29, 0.717) is 11.0 Å². The Hall–Kier alpha value is -1.89. The molecule has 0 saturated heterocycles. The van der Waals surface area contributed by atoms with Crippen molar-refractivity contribution in [2.75, 3.05) is 5.75 Å². The van der Waals surface area contributed by atoms with Gasteiger partial charge in [0, 0.05) is 0 Å². The molecule has 1 unspecified atom stereocenters. The van der Waals surface area contributed by atoms with E-state index in [4.69, 9.17) is 5.11 Å². The molecule has 0 fully saturated rings. The maximum atomic E-state index is 13.0. The minimum Gasteiger partial charge on any atom is -0.481 e.